The molecule has 19 heavy (non-hydrogen) atoms. The molecule has 1 aromatic heterocycles. The van der Waals surface area contributed by atoms with Gasteiger partial charge in [0.25, 0.3) is 0 Å². The van der Waals surface area contributed by atoms with Crippen LogP contribution >= 0.6 is 12.4 Å². The van der Waals surface area contributed by atoms with Crippen LogP contribution < -0.4 is 5.32 Å². The second kappa shape index (κ2) is 6.73. The van der Waals surface area contributed by atoms with Crippen LogP contribution in [0.1, 0.15) is 37.1 Å². The zero-order chi connectivity index (χ0) is 12.4. The number of hydrogen-bond acceptors (Lipinski definition) is 4. The van der Waals surface area contributed by atoms with E-state index in [2.05, 4.69) is 15.4 Å². The lowest BCUT2D eigenvalue weighted by atomic mass is 10.0. The molecule has 1 aliphatic carbocycles. The number of hydrogen-bond donors (Lipinski definition) is 1. The number of aryl methyl sites for hydroxylation is 1. The smallest absolute Gasteiger partial charge is 0.133 e. The normalized spacial score (nSPS) is 21.3. The van der Waals surface area contributed by atoms with Crippen LogP contribution in [-0.2, 0) is 6.54 Å². The van der Waals surface area contributed by atoms with E-state index in [1.165, 1.54) is 45.3 Å². The first-order valence-electron chi connectivity index (χ1n) is 7.17. The van der Waals surface area contributed by atoms with Crippen molar-refractivity contribution in [2.24, 2.45) is 5.92 Å². The van der Waals surface area contributed by atoms with Crippen molar-refractivity contribution >= 4 is 12.4 Å². The van der Waals surface area contributed by atoms with Crippen LogP contribution in [0.25, 0.3) is 0 Å². The van der Waals surface area contributed by atoms with Crippen LogP contribution in [0.5, 0.6) is 0 Å². The van der Waals surface area contributed by atoms with Gasteiger partial charge >= 0.3 is 0 Å². The molecule has 0 aromatic carbocycles. The summed E-state index contributed by atoms with van der Waals surface area (Å²) in [5.41, 5.74) is 1.07. The van der Waals surface area contributed by atoms with E-state index in [9.17, 15) is 0 Å². The van der Waals surface area contributed by atoms with E-state index in [0.29, 0.717) is 0 Å². The Morgan fingerprint density at radius 3 is 2.63 bits per heavy atom. The molecule has 2 aliphatic rings. The molecule has 1 aromatic rings. The van der Waals surface area contributed by atoms with Crippen LogP contribution in [0.3, 0.4) is 0 Å². The van der Waals surface area contributed by atoms with Crippen molar-refractivity contribution in [3.8, 4) is 0 Å². The second-order valence-corrected chi connectivity index (χ2v) is 5.83. The van der Waals surface area contributed by atoms with Gasteiger partial charge in [-0.3, -0.25) is 4.90 Å². The number of nitrogens with zero attached hydrogens (tertiary/aromatic N) is 2. The average molecular weight is 286 g/mol. The molecule has 0 radical (unpaired) electrons. The van der Waals surface area contributed by atoms with Crippen LogP contribution in [0.4, 0.5) is 0 Å². The van der Waals surface area contributed by atoms with Crippen LogP contribution in [0, 0.1) is 12.8 Å². The van der Waals surface area contributed by atoms with E-state index in [0.717, 1.165) is 30.0 Å². The monoisotopic (exact) mass is 285 g/mol. The molecule has 3 rings (SSSR count). The summed E-state index contributed by atoms with van der Waals surface area (Å²) in [6, 6.07) is 2.78. The zero-order valence-corrected chi connectivity index (χ0v) is 12.4. The van der Waals surface area contributed by atoms with Crippen LogP contribution in [0.15, 0.2) is 10.6 Å². The third-order valence-corrected chi connectivity index (χ3v) is 4.04. The summed E-state index contributed by atoms with van der Waals surface area (Å²) in [5.74, 6) is 1.90. The first-order valence-corrected chi connectivity index (χ1v) is 7.17. The minimum atomic E-state index is 0. The molecule has 2 heterocycles. The lowest BCUT2D eigenvalue weighted by molar-refractivity contribution is 0.186. The van der Waals surface area contributed by atoms with E-state index >= 15 is 0 Å². The Morgan fingerprint density at radius 2 is 2.05 bits per heavy atom. The molecule has 1 saturated carbocycles. The molecular formula is C14H24ClN3O. The Bertz CT molecular complexity index is 384. The molecule has 0 atom stereocenters. The molecule has 5 heteroatoms. The fourth-order valence-electron chi connectivity index (χ4n) is 2.67. The van der Waals surface area contributed by atoms with Crippen molar-refractivity contribution in [2.75, 3.05) is 19.6 Å². The summed E-state index contributed by atoms with van der Waals surface area (Å²) < 4.78 is 5.11. The van der Waals surface area contributed by atoms with Gasteiger partial charge in [-0.25, -0.2) is 0 Å². The number of rotatable bonds is 5. The Labute approximate surface area is 121 Å². The number of piperidine rings is 1. The average Bonchev–Trinajstić information content (AvgIpc) is 3.12. The lowest BCUT2D eigenvalue weighted by Gasteiger charge is -2.31. The molecule has 0 amide bonds. The molecule has 1 aliphatic heterocycles. The molecular weight excluding hydrogens is 262 g/mol. The van der Waals surface area contributed by atoms with Crippen molar-refractivity contribution < 1.29 is 4.52 Å². The van der Waals surface area contributed by atoms with Gasteiger partial charge in [0.15, 0.2) is 0 Å². The highest BCUT2D eigenvalue weighted by atomic mass is 35.5. The summed E-state index contributed by atoms with van der Waals surface area (Å²) >= 11 is 0. The molecule has 1 N–H and O–H groups in total. The first kappa shape index (κ1) is 14.8. The molecule has 108 valence electrons. The Morgan fingerprint density at radius 1 is 1.32 bits per heavy atom. The summed E-state index contributed by atoms with van der Waals surface area (Å²) in [5, 5.41) is 7.78. The first-order chi connectivity index (χ1) is 8.79. The maximum absolute atomic E-state index is 5.11. The van der Waals surface area contributed by atoms with Gasteiger partial charge in [-0.15, -0.1) is 12.4 Å². The highest BCUT2D eigenvalue weighted by Gasteiger charge is 2.24. The second-order valence-electron chi connectivity index (χ2n) is 5.83. The standard InChI is InChI=1S/C14H23N3O.ClH/c1-11-8-14(16-18-11)10-17-6-4-13(5-7-17)15-9-12-2-3-12;/h8,12-13,15H,2-7,9-10H2,1H3;1H. The highest BCUT2D eigenvalue weighted by molar-refractivity contribution is 5.85. The quantitative estimate of drug-likeness (QED) is 0.902. The molecule has 4 nitrogen and oxygen atoms in total. The van der Waals surface area contributed by atoms with Gasteiger partial charge in [-0.1, -0.05) is 5.16 Å². The van der Waals surface area contributed by atoms with Crippen molar-refractivity contribution in [3.63, 3.8) is 0 Å². The van der Waals surface area contributed by atoms with Crippen LogP contribution in [0.2, 0.25) is 0 Å². The number of aromatic nitrogens is 1. The maximum Gasteiger partial charge on any atom is 0.133 e. The van der Waals surface area contributed by atoms with Gasteiger partial charge < -0.3 is 9.84 Å². The summed E-state index contributed by atoms with van der Waals surface area (Å²) in [4.78, 5) is 2.48. The maximum atomic E-state index is 5.11. The predicted molar refractivity (Wildman–Crippen MR) is 77.5 cm³/mol. The molecule has 0 spiro atoms. The topological polar surface area (TPSA) is 41.3 Å². The molecule has 1 saturated heterocycles. The SMILES string of the molecule is Cc1cc(CN2CCC(NCC3CC3)CC2)no1.Cl. The lowest BCUT2D eigenvalue weighted by Crippen LogP contribution is -2.42. The molecule has 2 fully saturated rings. The van der Waals surface area contributed by atoms with Gasteiger partial charge in [0.05, 0.1) is 5.69 Å². The zero-order valence-electron chi connectivity index (χ0n) is 11.6. The Balaban J connectivity index is 0.00000133. The van der Waals surface area contributed by atoms with Gasteiger partial charge in [-0.2, -0.15) is 0 Å². The van der Waals surface area contributed by atoms with Gasteiger partial charge in [0.2, 0.25) is 0 Å². The summed E-state index contributed by atoms with van der Waals surface area (Å²) in [6.45, 7) is 6.48. The molecule has 0 bridgehead atoms. The molecule has 0 unspecified atom stereocenters. The predicted octanol–water partition coefficient (Wildman–Crippen LogP) is 2.37. The number of halogens is 1. The van der Waals surface area contributed by atoms with Crippen molar-refractivity contribution in [1.82, 2.24) is 15.4 Å². The van der Waals surface area contributed by atoms with Crippen molar-refractivity contribution in [3.05, 3.63) is 17.5 Å². The largest absolute Gasteiger partial charge is 0.361 e. The van der Waals surface area contributed by atoms with E-state index in [-0.39, 0.29) is 12.4 Å². The fraction of sp³-hybridized carbons (Fsp3) is 0.786. The minimum Gasteiger partial charge on any atom is -0.361 e. The van der Waals surface area contributed by atoms with E-state index in [1.807, 2.05) is 13.0 Å². The van der Waals surface area contributed by atoms with Crippen molar-refractivity contribution in [2.45, 2.75) is 45.2 Å². The Hall–Kier alpha value is -0.580. The highest BCUT2D eigenvalue weighted by Crippen LogP contribution is 2.28. The van der Waals surface area contributed by atoms with E-state index < -0.39 is 0 Å². The number of nitrogens with one attached hydrogen (secondary N) is 1. The van der Waals surface area contributed by atoms with Crippen molar-refractivity contribution in [1.29, 1.82) is 0 Å². The fourth-order valence-corrected chi connectivity index (χ4v) is 2.67. The summed E-state index contributed by atoms with van der Waals surface area (Å²) in [7, 11) is 0. The summed E-state index contributed by atoms with van der Waals surface area (Å²) in [6.07, 6.45) is 5.42. The van der Waals surface area contributed by atoms with Crippen LogP contribution in [-0.4, -0.2) is 35.7 Å². The van der Waals surface area contributed by atoms with E-state index in [1.54, 1.807) is 0 Å². The Kier molecular flexibility index (Phi) is 5.25. The van der Waals surface area contributed by atoms with Gasteiger partial charge in [0.1, 0.15) is 5.76 Å². The third-order valence-electron chi connectivity index (χ3n) is 4.04. The van der Waals surface area contributed by atoms with Gasteiger partial charge in [0, 0.05) is 31.7 Å². The third kappa shape index (κ3) is 4.48. The number of likely N-dealkylation sites (tertiary alicyclic amines) is 1. The van der Waals surface area contributed by atoms with Gasteiger partial charge in [-0.05, 0) is 45.1 Å². The minimum absolute atomic E-state index is 0. The van der Waals surface area contributed by atoms with E-state index in [4.69, 9.17) is 4.52 Å².